The normalized spacial score (nSPS) is 26.6. The molecule has 0 saturated carbocycles. The Morgan fingerprint density at radius 1 is 1.32 bits per heavy atom. The average molecular weight is 263 g/mol. The SMILES string of the molecule is COc1c(OC2CCOC2)cccc1C1CCNC1. The van der Waals surface area contributed by atoms with Crippen molar-refractivity contribution in [1.29, 1.82) is 0 Å². The molecule has 2 aliphatic heterocycles. The summed E-state index contributed by atoms with van der Waals surface area (Å²) < 4.78 is 17.0. The van der Waals surface area contributed by atoms with Crippen LogP contribution in [0.5, 0.6) is 11.5 Å². The molecule has 2 fully saturated rings. The fraction of sp³-hybridized carbons (Fsp3) is 0.600. The summed E-state index contributed by atoms with van der Waals surface area (Å²) in [6, 6.07) is 6.19. The van der Waals surface area contributed by atoms with Crippen LogP contribution in [0.4, 0.5) is 0 Å². The van der Waals surface area contributed by atoms with Crippen LogP contribution in [-0.2, 0) is 4.74 Å². The lowest BCUT2D eigenvalue weighted by Gasteiger charge is -2.19. The third-order valence-corrected chi connectivity index (χ3v) is 3.90. The Labute approximate surface area is 114 Å². The van der Waals surface area contributed by atoms with Gasteiger partial charge >= 0.3 is 0 Å². The van der Waals surface area contributed by atoms with E-state index >= 15 is 0 Å². The predicted octanol–water partition coefficient (Wildman–Crippen LogP) is 1.94. The van der Waals surface area contributed by atoms with Gasteiger partial charge in [0.25, 0.3) is 0 Å². The lowest BCUT2D eigenvalue weighted by Crippen LogP contribution is -2.17. The summed E-state index contributed by atoms with van der Waals surface area (Å²) in [7, 11) is 1.72. The molecule has 3 rings (SSSR count). The minimum absolute atomic E-state index is 0.158. The topological polar surface area (TPSA) is 39.7 Å². The van der Waals surface area contributed by atoms with Crippen LogP contribution in [0.15, 0.2) is 18.2 Å². The van der Waals surface area contributed by atoms with E-state index in [1.165, 1.54) is 5.56 Å². The molecule has 0 bridgehead atoms. The van der Waals surface area contributed by atoms with Gasteiger partial charge in [-0.1, -0.05) is 12.1 Å². The average Bonchev–Trinajstić information content (AvgIpc) is 3.11. The van der Waals surface area contributed by atoms with Crippen LogP contribution in [0.2, 0.25) is 0 Å². The zero-order valence-corrected chi connectivity index (χ0v) is 11.4. The van der Waals surface area contributed by atoms with Gasteiger partial charge in [0.05, 0.1) is 20.3 Å². The van der Waals surface area contributed by atoms with Crippen molar-refractivity contribution in [3.05, 3.63) is 23.8 Å². The maximum Gasteiger partial charge on any atom is 0.164 e. The zero-order valence-electron chi connectivity index (χ0n) is 11.4. The van der Waals surface area contributed by atoms with Crippen molar-refractivity contribution in [3.63, 3.8) is 0 Å². The highest BCUT2D eigenvalue weighted by Crippen LogP contribution is 2.38. The van der Waals surface area contributed by atoms with Crippen molar-refractivity contribution in [3.8, 4) is 11.5 Å². The van der Waals surface area contributed by atoms with Crippen LogP contribution in [-0.4, -0.2) is 39.5 Å². The van der Waals surface area contributed by atoms with E-state index in [1.54, 1.807) is 7.11 Å². The van der Waals surface area contributed by atoms with Gasteiger partial charge in [-0.05, 0) is 19.0 Å². The Hall–Kier alpha value is -1.26. The van der Waals surface area contributed by atoms with Crippen molar-refractivity contribution in [2.24, 2.45) is 0 Å². The molecule has 2 atom stereocenters. The van der Waals surface area contributed by atoms with Crippen LogP contribution in [0.1, 0.15) is 24.3 Å². The van der Waals surface area contributed by atoms with Gasteiger partial charge in [0.1, 0.15) is 6.10 Å². The molecular weight excluding hydrogens is 242 g/mol. The first-order chi connectivity index (χ1) is 9.38. The van der Waals surface area contributed by atoms with Crippen molar-refractivity contribution >= 4 is 0 Å². The molecule has 2 unspecified atom stereocenters. The first kappa shape index (κ1) is 12.8. The van der Waals surface area contributed by atoms with Crippen molar-refractivity contribution < 1.29 is 14.2 Å². The Balaban J connectivity index is 1.83. The molecular formula is C15H21NO3. The molecule has 104 valence electrons. The van der Waals surface area contributed by atoms with Crippen LogP contribution in [0.25, 0.3) is 0 Å². The number of methoxy groups -OCH3 is 1. The Morgan fingerprint density at radius 2 is 2.26 bits per heavy atom. The van der Waals surface area contributed by atoms with Gasteiger partial charge in [0.2, 0.25) is 0 Å². The minimum Gasteiger partial charge on any atom is -0.493 e. The van der Waals surface area contributed by atoms with Gasteiger partial charge in [-0.25, -0.2) is 0 Å². The van der Waals surface area contributed by atoms with E-state index in [4.69, 9.17) is 14.2 Å². The first-order valence-electron chi connectivity index (χ1n) is 7.00. The second kappa shape index (κ2) is 5.80. The lowest BCUT2D eigenvalue weighted by molar-refractivity contribution is 0.138. The summed E-state index contributed by atoms with van der Waals surface area (Å²) in [5, 5.41) is 3.40. The zero-order chi connectivity index (χ0) is 13.1. The summed E-state index contributed by atoms with van der Waals surface area (Å²) >= 11 is 0. The molecule has 1 aromatic rings. The van der Waals surface area contributed by atoms with Crippen LogP contribution in [0, 0.1) is 0 Å². The number of rotatable bonds is 4. The van der Waals surface area contributed by atoms with E-state index in [-0.39, 0.29) is 6.10 Å². The number of hydrogen-bond acceptors (Lipinski definition) is 4. The molecule has 4 heteroatoms. The minimum atomic E-state index is 0.158. The molecule has 1 aromatic carbocycles. The fourth-order valence-corrected chi connectivity index (χ4v) is 2.87. The van der Waals surface area contributed by atoms with Crippen molar-refractivity contribution in [1.82, 2.24) is 5.32 Å². The molecule has 19 heavy (non-hydrogen) atoms. The van der Waals surface area contributed by atoms with E-state index in [2.05, 4.69) is 17.4 Å². The van der Waals surface area contributed by atoms with Gasteiger partial charge in [0.15, 0.2) is 11.5 Å². The Morgan fingerprint density at radius 3 is 2.95 bits per heavy atom. The van der Waals surface area contributed by atoms with Gasteiger partial charge < -0.3 is 19.5 Å². The molecule has 0 radical (unpaired) electrons. The van der Waals surface area contributed by atoms with E-state index in [9.17, 15) is 0 Å². The van der Waals surface area contributed by atoms with Gasteiger partial charge in [-0.3, -0.25) is 0 Å². The maximum atomic E-state index is 6.03. The largest absolute Gasteiger partial charge is 0.493 e. The van der Waals surface area contributed by atoms with Gasteiger partial charge in [-0.2, -0.15) is 0 Å². The summed E-state index contributed by atoms with van der Waals surface area (Å²) in [5.74, 6) is 2.27. The highest BCUT2D eigenvalue weighted by Gasteiger charge is 2.24. The Bertz CT molecular complexity index is 423. The molecule has 0 spiro atoms. The quantitative estimate of drug-likeness (QED) is 0.901. The third-order valence-electron chi connectivity index (χ3n) is 3.90. The molecule has 4 nitrogen and oxygen atoms in total. The highest BCUT2D eigenvalue weighted by molar-refractivity contribution is 5.48. The summed E-state index contributed by atoms with van der Waals surface area (Å²) in [6.45, 7) is 3.57. The second-order valence-electron chi connectivity index (χ2n) is 5.17. The molecule has 2 saturated heterocycles. The van der Waals surface area contributed by atoms with Crippen LogP contribution >= 0.6 is 0 Å². The number of hydrogen-bond donors (Lipinski definition) is 1. The fourth-order valence-electron chi connectivity index (χ4n) is 2.87. The standard InChI is InChI=1S/C15H21NO3/c1-17-15-13(11-5-7-16-9-11)3-2-4-14(15)19-12-6-8-18-10-12/h2-4,11-12,16H,5-10H2,1H3. The smallest absolute Gasteiger partial charge is 0.164 e. The molecule has 1 N–H and O–H groups in total. The summed E-state index contributed by atoms with van der Waals surface area (Å²) in [5.41, 5.74) is 1.25. The molecule has 2 aliphatic rings. The predicted molar refractivity (Wildman–Crippen MR) is 73.1 cm³/mol. The number of ether oxygens (including phenoxy) is 3. The van der Waals surface area contributed by atoms with Gasteiger partial charge in [0, 0.05) is 24.4 Å². The molecule has 2 heterocycles. The number of para-hydroxylation sites is 1. The van der Waals surface area contributed by atoms with Crippen molar-refractivity contribution in [2.75, 3.05) is 33.4 Å². The Kier molecular flexibility index (Phi) is 3.89. The second-order valence-corrected chi connectivity index (χ2v) is 5.17. The maximum absolute atomic E-state index is 6.03. The molecule has 0 amide bonds. The third kappa shape index (κ3) is 2.69. The lowest BCUT2D eigenvalue weighted by atomic mass is 9.97. The summed E-state index contributed by atoms with van der Waals surface area (Å²) in [4.78, 5) is 0. The van der Waals surface area contributed by atoms with Crippen molar-refractivity contribution in [2.45, 2.75) is 24.9 Å². The van der Waals surface area contributed by atoms with E-state index in [1.807, 2.05) is 6.07 Å². The van der Waals surface area contributed by atoms with Gasteiger partial charge in [-0.15, -0.1) is 0 Å². The molecule has 0 aliphatic carbocycles. The van der Waals surface area contributed by atoms with Crippen LogP contribution < -0.4 is 14.8 Å². The summed E-state index contributed by atoms with van der Waals surface area (Å²) in [6.07, 6.45) is 2.27. The highest BCUT2D eigenvalue weighted by atomic mass is 16.6. The monoisotopic (exact) mass is 263 g/mol. The van der Waals surface area contributed by atoms with E-state index in [0.717, 1.165) is 44.0 Å². The first-order valence-corrected chi connectivity index (χ1v) is 7.00. The number of nitrogens with one attached hydrogen (secondary N) is 1. The van der Waals surface area contributed by atoms with E-state index < -0.39 is 0 Å². The molecule has 0 aromatic heterocycles. The number of benzene rings is 1. The van der Waals surface area contributed by atoms with Crippen LogP contribution in [0.3, 0.4) is 0 Å². The van der Waals surface area contributed by atoms with E-state index in [0.29, 0.717) is 12.5 Å².